The maximum absolute atomic E-state index is 6.25. The van der Waals surface area contributed by atoms with Gasteiger partial charge >= 0.3 is 0 Å². The Morgan fingerprint density at radius 1 is 1.33 bits per heavy atom. The summed E-state index contributed by atoms with van der Waals surface area (Å²) in [5, 5.41) is 7.86. The van der Waals surface area contributed by atoms with Crippen molar-refractivity contribution in [3.8, 4) is 5.75 Å². The molecule has 0 aliphatic rings. The molecule has 1 aromatic carbocycles. The van der Waals surface area contributed by atoms with Crippen molar-refractivity contribution >= 4 is 11.6 Å². The molecule has 6 heteroatoms. The number of rotatable bonds is 8. The fraction of sp³-hybridized carbons (Fsp3) is 0.467. The van der Waals surface area contributed by atoms with Crippen LogP contribution in [-0.2, 0) is 19.6 Å². The van der Waals surface area contributed by atoms with E-state index in [9.17, 15) is 0 Å². The van der Waals surface area contributed by atoms with Gasteiger partial charge in [-0.25, -0.2) is 0 Å². The average molecular weight is 310 g/mol. The van der Waals surface area contributed by atoms with E-state index in [2.05, 4.69) is 22.4 Å². The van der Waals surface area contributed by atoms with Gasteiger partial charge in [0, 0.05) is 23.6 Å². The molecule has 0 aliphatic carbocycles. The largest absolute Gasteiger partial charge is 0.483 e. The fourth-order valence-electron chi connectivity index (χ4n) is 1.87. The minimum Gasteiger partial charge on any atom is -0.483 e. The number of hydrogen-bond donors (Lipinski definition) is 1. The van der Waals surface area contributed by atoms with E-state index >= 15 is 0 Å². The summed E-state index contributed by atoms with van der Waals surface area (Å²) in [5.74, 6) is 1.89. The highest BCUT2D eigenvalue weighted by Crippen LogP contribution is 2.27. The molecule has 0 unspecified atom stereocenters. The molecule has 0 radical (unpaired) electrons. The lowest BCUT2D eigenvalue weighted by molar-refractivity contribution is 0.240. The van der Waals surface area contributed by atoms with Crippen molar-refractivity contribution in [2.45, 2.75) is 39.8 Å². The van der Waals surface area contributed by atoms with Crippen molar-refractivity contribution in [2.24, 2.45) is 0 Å². The van der Waals surface area contributed by atoms with Gasteiger partial charge in [0.25, 0.3) is 5.89 Å². The third-order valence-corrected chi connectivity index (χ3v) is 3.34. The Morgan fingerprint density at radius 3 is 2.90 bits per heavy atom. The average Bonchev–Trinajstić information content (AvgIpc) is 2.95. The number of aryl methyl sites for hydroxylation is 1. The zero-order valence-electron chi connectivity index (χ0n) is 12.4. The summed E-state index contributed by atoms with van der Waals surface area (Å²) in [7, 11) is 0. The normalized spacial score (nSPS) is 10.8. The van der Waals surface area contributed by atoms with E-state index in [-0.39, 0.29) is 6.61 Å². The first kappa shape index (κ1) is 15.8. The summed E-state index contributed by atoms with van der Waals surface area (Å²) < 4.78 is 10.9. The predicted octanol–water partition coefficient (Wildman–Crippen LogP) is 3.36. The molecule has 114 valence electrons. The van der Waals surface area contributed by atoms with Gasteiger partial charge in [-0.3, -0.25) is 0 Å². The SMILES string of the molecule is CCCNCc1c(Cl)cccc1OCc1nc(CC)no1. The number of hydrogen-bond acceptors (Lipinski definition) is 5. The first-order valence-electron chi connectivity index (χ1n) is 7.17. The molecule has 0 amide bonds. The lowest BCUT2D eigenvalue weighted by atomic mass is 10.2. The monoisotopic (exact) mass is 309 g/mol. The molecular formula is C15H20ClN3O2. The minimum atomic E-state index is 0.244. The van der Waals surface area contributed by atoms with Crippen LogP contribution in [0.15, 0.2) is 22.7 Å². The molecule has 0 fully saturated rings. The van der Waals surface area contributed by atoms with Gasteiger partial charge in [0.05, 0.1) is 0 Å². The summed E-state index contributed by atoms with van der Waals surface area (Å²) in [6, 6.07) is 5.62. The van der Waals surface area contributed by atoms with Crippen LogP contribution in [0.1, 0.15) is 37.5 Å². The first-order chi connectivity index (χ1) is 10.2. The Labute approximate surface area is 129 Å². The van der Waals surface area contributed by atoms with E-state index < -0.39 is 0 Å². The van der Waals surface area contributed by atoms with Crippen molar-refractivity contribution in [1.82, 2.24) is 15.5 Å². The van der Waals surface area contributed by atoms with Crippen LogP contribution < -0.4 is 10.1 Å². The van der Waals surface area contributed by atoms with Gasteiger partial charge in [0.2, 0.25) is 0 Å². The van der Waals surface area contributed by atoms with Gasteiger partial charge < -0.3 is 14.6 Å². The van der Waals surface area contributed by atoms with Crippen LogP contribution in [0.25, 0.3) is 0 Å². The molecular weight excluding hydrogens is 290 g/mol. The molecule has 0 spiro atoms. The highest BCUT2D eigenvalue weighted by Gasteiger charge is 2.10. The molecule has 0 atom stereocenters. The van der Waals surface area contributed by atoms with E-state index in [1.807, 2.05) is 25.1 Å². The van der Waals surface area contributed by atoms with Crippen LogP contribution in [0.3, 0.4) is 0 Å². The van der Waals surface area contributed by atoms with Gasteiger partial charge in [0.15, 0.2) is 12.4 Å². The fourth-order valence-corrected chi connectivity index (χ4v) is 2.10. The summed E-state index contributed by atoms with van der Waals surface area (Å²) >= 11 is 6.25. The molecule has 0 saturated heterocycles. The number of halogens is 1. The molecule has 1 N–H and O–H groups in total. The van der Waals surface area contributed by atoms with E-state index in [1.165, 1.54) is 0 Å². The Bertz CT molecular complexity index is 572. The van der Waals surface area contributed by atoms with Crippen LogP contribution in [0, 0.1) is 0 Å². The van der Waals surface area contributed by atoms with E-state index in [1.54, 1.807) is 0 Å². The van der Waals surface area contributed by atoms with Gasteiger partial charge in [-0.05, 0) is 25.1 Å². The van der Waals surface area contributed by atoms with Gasteiger partial charge in [0.1, 0.15) is 5.75 Å². The predicted molar refractivity (Wildman–Crippen MR) is 81.5 cm³/mol. The van der Waals surface area contributed by atoms with Crippen LogP contribution >= 0.6 is 11.6 Å². The molecule has 1 heterocycles. The zero-order valence-corrected chi connectivity index (χ0v) is 13.1. The third kappa shape index (κ3) is 4.44. The number of aromatic nitrogens is 2. The number of ether oxygens (including phenoxy) is 1. The minimum absolute atomic E-state index is 0.244. The second-order valence-electron chi connectivity index (χ2n) is 4.64. The third-order valence-electron chi connectivity index (χ3n) is 2.98. The standard InChI is InChI=1S/C15H20ClN3O2/c1-3-8-17-9-11-12(16)6-5-7-13(11)20-10-15-18-14(4-2)19-21-15/h5-7,17H,3-4,8-10H2,1-2H3. The van der Waals surface area contributed by atoms with Crippen molar-refractivity contribution in [3.05, 3.63) is 40.5 Å². The Kier molecular flexibility index (Phi) is 6.02. The second-order valence-corrected chi connectivity index (χ2v) is 5.05. The molecule has 1 aromatic heterocycles. The van der Waals surface area contributed by atoms with E-state index in [0.717, 1.165) is 30.7 Å². The quantitative estimate of drug-likeness (QED) is 0.758. The second kappa shape index (κ2) is 8.00. The smallest absolute Gasteiger partial charge is 0.264 e. The highest BCUT2D eigenvalue weighted by atomic mass is 35.5. The van der Waals surface area contributed by atoms with Gasteiger partial charge in [-0.1, -0.05) is 36.7 Å². The molecule has 2 aromatic rings. The van der Waals surface area contributed by atoms with Gasteiger partial charge in [-0.15, -0.1) is 0 Å². The van der Waals surface area contributed by atoms with Crippen molar-refractivity contribution in [1.29, 1.82) is 0 Å². The van der Waals surface area contributed by atoms with Crippen LogP contribution in [-0.4, -0.2) is 16.7 Å². The molecule has 0 bridgehead atoms. The maximum Gasteiger partial charge on any atom is 0.264 e. The number of nitrogens with one attached hydrogen (secondary N) is 1. The number of benzene rings is 1. The summed E-state index contributed by atoms with van der Waals surface area (Å²) in [6.45, 7) is 5.96. The summed E-state index contributed by atoms with van der Waals surface area (Å²) in [5.41, 5.74) is 0.947. The molecule has 0 aliphatic heterocycles. The van der Waals surface area contributed by atoms with E-state index in [0.29, 0.717) is 23.3 Å². The molecule has 5 nitrogen and oxygen atoms in total. The number of nitrogens with zero attached hydrogens (tertiary/aromatic N) is 2. The topological polar surface area (TPSA) is 60.2 Å². The Balaban J connectivity index is 2.02. The Hall–Kier alpha value is -1.59. The summed E-state index contributed by atoms with van der Waals surface area (Å²) in [4.78, 5) is 4.22. The molecule has 0 saturated carbocycles. The van der Waals surface area contributed by atoms with Crippen molar-refractivity contribution < 1.29 is 9.26 Å². The molecule has 2 rings (SSSR count). The lowest BCUT2D eigenvalue weighted by Gasteiger charge is -2.12. The van der Waals surface area contributed by atoms with E-state index in [4.69, 9.17) is 20.9 Å². The van der Waals surface area contributed by atoms with Crippen LogP contribution in [0.5, 0.6) is 5.75 Å². The lowest BCUT2D eigenvalue weighted by Crippen LogP contribution is -2.15. The highest BCUT2D eigenvalue weighted by molar-refractivity contribution is 6.31. The first-order valence-corrected chi connectivity index (χ1v) is 7.54. The Morgan fingerprint density at radius 2 is 2.19 bits per heavy atom. The summed E-state index contributed by atoms with van der Waals surface area (Å²) in [6.07, 6.45) is 1.81. The van der Waals surface area contributed by atoms with Crippen molar-refractivity contribution in [3.63, 3.8) is 0 Å². The van der Waals surface area contributed by atoms with Gasteiger partial charge in [-0.2, -0.15) is 4.98 Å². The van der Waals surface area contributed by atoms with Crippen LogP contribution in [0.2, 0.25) is 5.02 Å². The van der Waals surface area contributed by atoms with Crippen molar-refractivity contribution in [2.75, 3.05) is 6.54 Å². The molecule has 21 heavy (non-hydrogen) atoms. The maximum atomic E-state index is 6.25. The zero-order chi connectivity index (χ0) is 15.1. The van der Waals surface area contributed by atoms with Crippen LogP contribution in [0.4, 0.5) is 0 Å².